The summed E-state index contributed by atoms with van der Waals surface area (Å²) in [6.07, 6.45) is 0.869. The first-order valence-corrected chi connectivity index (χ1v) is 4.90. The van der Waals surface area contributed by atoms with Crippen molar-refractivity contribution in [3.8, 4) is 0 Å². The highest BCUT2D eigenvalue weighted by Gasteiger charge is 2.49. The van der Waals surface area contributed by atoms with Gasteiger partial charge in [0.25, 0.3) is 5.92 Å². The van der Waals surface area contributed by atoms with Crippen LogP contribution >= 0.6 is 0 Å². The quantitative estimate of drug-likeness (QED) is 0.728. The van der Waals surface area contributed by atoms with Crippen LogP contribution < -0.4 is 5.73 Å². The lowest BCUT2D eigenvalue weighted by Gasteiger charge is -2.32. The second-order valence-corrected chi connectivity index (χ2v) is 4.58. The van der Waals surface area contributed by atoms with Crippen LogP contribution in [0.25, 0.3) is 0 Å². The van der Waals surface area contributed by atoms with Gasteiger partial charge < -0.3 is 10.5 Å². The van der Waals surface area contributed by atoms with E-state index >= 15 is 0 Å². The molecular formula is C9H16F2N2O. The molecule has 2 saturated heterocycles. The van der Waals surface area contributed by atoms with E-state index in [-0.39, 0.29) is 18.2 Å². The molecule has 3 nitrogen and oxygen atoms in total. The summed E-state index contributed by atoms with van der Waals surface area (Å²) in [7, 11) is 0. The first kappa shape index (κ1) is 10.3. The first-order chi connectivity index (χ1) is 6.44. The molecule has 2 atom stereocenters. The molecule has 2 heterocycles. The normalized spacial score (nSPS) is 38.1. The monoisotopic (exact) mass is 206 g/mol. The van der Waals surface area contributed by atoms with Crippen LogP contribution in [-0.2, 0) is 4.74 Å². The van der Waals surface area contributed by atoms with E-state index in [1.807, 2.05) is 6.92 Å². The zero-order chi connectivity index (χ0) is 10.4. The maximum Gasteiger partial charge on any atom is 0.272 e. The van der Waals surface area contributed by atoms with Gasteiger partial charge in [0.1, 0.15) is 0 Å². The molecule has 2 unspecified atom stereocenters. The van der Waals surface area contributed by atoms with Crippen molar-refractivity contribution in [2.45, 2.75) is 30.9 Å². The van der Waals surface area contributed by atoms with Crippen molar-refractivity contribution in [1.29, 1.82) is 0 Å². The lowest BCUT2D eigenvalue weighted by Crippen LogP contribution is -2.48. The minimum Gasteiger partial charge on any atom is -0.372 e. The molecule has 0 saturated carbocycles. The Labute approximate surface area is 82.2 Å². The second-order valence-electron chi connectivity index (χ2n) is 4.58. The highest BCUT2D eigenvalue weighted by atomic mass is 19.3. The first-order valence-electron chi connectivity index (χ1n) is 4.90. The number of morpholine rings is 1. The molecule has 0 aromatic rings. The average molecular weight is 206 g/mol. The third-order valence-electron chi connectivity index (χ3n) is 3.08. The van der Waals surface area contributed by atoms with Gasteiger partial charge in [-0.1, -0.05) is 0 Å². The van der Waals surface area contributed by atoms with E-state index in [2.05, 4.69) is 0 Å². The Morgan fingerprint density at radius 1 is 1.64 bits per heavy atom. The highest BCUT2D eigenvalue weighted by molar-refractivity contribution is 5.01. The lowest BCUT2D eigenvalue weighted by atomic mass is 10.1. The number of hydrogen-bond acceptors (Lipinski definition) is 3. The van der Waals surface area contributed by atoms with Gasteiger partial charge in [0.15, 0.2) is 0 Å². The summed E-state index contributed by atoms with van der Waals surface area (Å²) >= 11 is 0. The van der Waals surface area contributed by atoms with Crippen molar-refractivity contribution in [1.82, 2.24) is 4.90 Å². The van der Waals surface area contributed by atoms with Gasteiger partial charge in [-0.2, -0.15) is 0 Å². The minimum absolute atomic E-state index is 0.164. The van der Waals surface area contributed by atoms with Crippen LogP contribution in [0, 0.1) is 0 Å². The Bertz CT molecular complexity index is 237. The van der Waals surface area contributed by atoms with Gasteiger partial charge in [-0.25, -0.2) is 8.78 Å². The van der Waals surface area contributed by atoms with Gasteiger partial charge in [-0.15, -0.1) is 0 Å². The van der Waals surface area contributed by atoms with Crippen molar-refractivity contribution < 1.29 is 13.5 Å². The molecule has 0 aromatic heterocycles. The summed E-state index contributed by atoms with van der Waals surface area (Å²) in [4.78, 5) is 1.80. The summed E-state index contributed by atoms with van der Waals surface area (Å²) in [6.45, 7) is 2.36. The topological polar surface area (TPSA) is 38.5 Å². The molecule has 82 valence electrons. The molecule has 2 fully saturated rings. The molecule has 0 amide bonds. The largest absolute Gasteiger partial charge is 0.372 e. The van der Waals surface area contributed by atoms with Crippen molar-refractivity contribution in [3.63, 3.8) is 0 Å². The smallest absolute Gasteiger partial charge is 0.272 e. The van der Waals surface area contributed by atoms with Crippen LogP contribution in [-0.4, -0.2) is 48.7 Å². The number of ether oxygens (including phenoxy) is 1. The van der Waals surface area contributed by atoms with E-state index in [1.165, 1.54) is 0 Å². The summed E-state index contributed by atoms with van der Waals surface area (Å²) in [6, 6.07) is 0.164. The molecule has 0 spiro atoms. The van der Waals surface area contributed by atoms with Gasteiger partial charge in [0.05, 0.1) is 25.3 Å². The number of fused-ring (bicyclic) bond motifs is 2. The van der Waals surface area contributed by atoms with Crippen LogP contribution in [0.1, 0.15) is 13.3 Å². The molecule has 2 rings (SSSR count). The van der Waals surface area contributed by atoms with Crippen LogP contribution in [0.3, 0.4) is 0 Å². The molecule has 0 aliphatic carbocycles. The number of likely N-dealkylation sites (tertiary alicyclic amines) is 1. The molecule has 2 N–H and O–H groups in total. The van der Waals surface area contributed by atoms with Gasteiger partial charge in [0.2, 0.25) is 0 Å². The van der Waals surface area contributed by atoms with Crippen LogP contribution in [0.4, 0.5) is 8.78 Å². The molecule has 0 aromatic carbocycles. The molecule has 2 aliphatic rings. The Hall–Kier alpha value is -0.260. The summed E-state index contributed by atoms with van der Waals surface area (Å²) < 4.78 is 31.6. The Morgan fingerprint density at radius 2 is 2.36 bits per heavy atom. The van der Waals surface area contributed by atoms with Gasteiger partial charge in [-0.05, 0) is 13.3 Å². The molecular weight excluding hydrogens is 190 g/mol. The molecule has 5 heteroatoms. The third-order valence-corrected chi connectivity index (χ3v) is 3.08. The third kappa shape index (κ3) is 1.76. The lowest BCUT2D eigenvalue weighted by molar-refractivity contribution is -0.0748. The Balaban J connectivity index is 1.96. The van der Waals surface area contributed by atoms with E-state index in [4.69, 9.17) is 10.5 Å². The molecule has 2 aliphatic heterocycles. The van der Waals surface area contributed by atoms with E-state index < -0.39 is 12.5 Å². The number of hydrogen-bond donors (Lipinski definition) is 1. The van der Waals surface area contributed by atoms with E-state index in [0.29, 0.717) is 13.2 Å². The fourth-order valence-corrected chi connectivity index (χ4v) is 2.36. The van der Waals surface area contributed by atoms with Crippen molar-refractivity contribution >= 4 is 0 Å². The maximum atomic E-state index is 13.0. The molecule has 14 heavy (non-hydrogen) atoms. The van der Waals surface area contributed by atoms with Crippen molar-refractivity contribution in [2.75, 3.05) is 26.2 Å². The standard InChI is InChI=1S/C9H16F2N2O/c1-8-2-7(3-14-8)13(5-8)6-9(10,11)4-12/h7H,2-6,12H2,1H3. The van der Waals surface area contributed by atoms with Crippen LogP contribution in [0.5, 0.6) is 0 Å². The number of nitrogens with two attached hydrogens (primary N) is 1. The number of nitrogens with zero attached hydrogens (tertiary/aromatic N) is 1. The summed E-state index contributed by atoms with van der Waals surface area (Å²) in [5.41, 5.74) is 4.81. The van der Waals surface area contributed by atoms with E-state index in [9.17, 15) is 8.78 Å². The maximum absolute atomic E-state index is 13.0. The molecule has 0 radical (unpaired) electrons. The van der Waals surface area contributed by atoms with Gasteiger partial charge >= 0.3 is 0 Å². The van der Waals surface area contributed by atoms with Crippen LogP contribution in [0.15, 0.2) is 0 Å². The van der Waals surface area contributed by atoms with Gasteiger partial charge in [0, 0.05) is 12.6 Å². The number of halogens is 2. The Kier molecular flexibility index (Phi) is 2.28. The number of alkyl halides is 2. The van der Waals surface area contributed by atoms with E-state index in [1.54, 1.807) is 4.90 Å². The summed E-state index contributed by atoms with van der Waals surface area (Å²) in [5, 5.41) is 0. The zero-order valence-electron chi connectivity index (χ0n) is 8.30. The highest BCUT2D eigenvalue weighted by Crippen LogP contribution is 2.37. The van der Waals surface area contributed by atoms with Crippen molar-refractivity contribution in [2.24, 2.45) is 5.73 Å². The summed E-state index contributed by atoms with van der Waals surface area (Å²) in [5.74, 6) is -2.76. The second kappa shape index (κ2) is 3.12. The minimum atomic E-state index is -2.76. The van der Waals surface area contributed by atoms with Crippen molar-refractivity contribution in [3.05, 3.63) is 0 Å². The van der Waals surface area contributed by atoms with Gasteiger partial charge in [-0.3, -0.25) is 4.90 Å². The zero-order valence-corrected chi connectivity index (χ0v) is 8.30. The average Bonchev–Trinajstić information content (AvgIpc) is 2.58. The van der Waals surface area contributed by atoms with Crippen LogP contribution in [0.2, 0.25) is 0 Å². The SMILES string of the molecule is CC12CC(CO1)N(CC(F)(F)CN)C2. The molecule has 2 bridgehead atoms. The fraction of sp³-hybridized carbons (Fsp3) is 1.00. The number of rotatable bonds is 3. The fourth-order valence-electron chi connectivity index (χ4n) is 2.36. The van der Waals surface area contributed by atoms with E-state index in [0.717, 1.165) is 6.42 Å². The predicted octanol–water partition coefficient (Wildman–Crippen LogP) is 0.444. The predicted molar refractivity (Wildman–Crippen MR) is 48.3 cm³/mol. The Morgan fingerprint density at radius 3 is 2.79 bits per heavy atom.